The van der Waals surface area contributed by atoms with Crippen LogP contribution in [0.2, 0.25) is 5.02 Å². The van der Waals surface area contributed by atoms with Crippen molar-refractivity contribution in [2.75, 3.05) is 26.8 Å². The minimum atomic E-state index is -0.0268. The Hall–Kier alpha value is -2.27. The van der Waals surface area contributed by atoms with Crippen LogP contribution in [0.25, 0.3) is 0 Å². The number of aromatic nitrogens is 1. The summed E-state index contributed by atoms with van der Waals surface area (Å²) in [4.78, 5) is 18.5. The molecule has 2 heterocycles. The molecular weight excluding hydrogens is 340 g/mol. The molecule has 1 fully saturated rings. The van der Waals surface area contributed by atoms with Crippen LogP contribution < -0.4 is 9.47 Å². The third-order valence-corrected chi connectivity index (χ3v) is 4.49. The molecule has 2 aromatic rings. The lowest BCUT2D eigenvalue weighted by Gasteiger charge is -2.32. The number of hydrogen-bond donors (Lipinski definition) is 0. The molecule has 1 amide bonds. The Balaban J connectivity index is 1.58. The van der Waals surface area contributed by atoms with Crippen LogP contribution in [0.1, 0.15) is 23.2 Å². The number of benzene rings is 1. The molecular formula is C19H21ClN2O3. The molecule has 0 saturated carbocycles. The molecule has 0 N–H and O–H groups in total. The van der Waals surface area contributed by atoms with E-state index in [1.807, 2.05) is 29.2 Å². The van der Waals surface area contributed by atoms with Gasteiger partial charge in [-0.15, -0.1) is 0 Å². The number of methoxy groups -OCH3 is 1. The molecule has 0 spiro atoms. The van der Waals surface area contributed by atoms with Gasteiger partial charge in [-0.1, -0.05) is 17.7 Å². The van der Waals surface area contributed by atoms with Gasteiger partial charge in [0.2, 0.25) is 0 Å². The van der Waals surface area contributed by atoms with E-state index in [-0.39, 0.29) is 5.91 Å². The number of ether oxygens (including phenoxy) is 2. The van der Waals surface area contributed by atoms with Gasteiger partial charge in [0.25, 0.3) is 5.91 Å². The summed E-state index contributed by atoms with van der Waals surface area (Å²) < 4.78 is 11.1. The van der Waals surface area contributed by atoms with Gasteiger partial charge in [0.1, 0.15) is 11.5 Å². The Morgan fingerprint density at radius 2 is 2.16 bits per heavy atom. The number of halogens is 1. The number of piperidine rings is 1. The molecule has 1 aromatic heterocycles. The van der Waals surface area contributed by atoms with E-state index in [1.165, 1.54) is 6.20 Å². The number of rotatable bonds is 5. The zero-order chi connectivity index (χ0) is 17.6. The van der Waals surface area contributed by atoms with Gasteiger partial charge in [-0.05, 0) is 31.0 Å². The number of hydrogen-bond acceptors (Lipinski definition) is 4. The van der Waals surface area contributed by atoms with Crippen molar-refractivity contribution in [3.8, 4) is 11.5 Å². The maximum atomic E-state index is 12.6. The highest BCUT2D eigenvalue weighted by Gasteiger charge is 2.25. The van der Waals surface area contributed by atoms with Crippen LogP contribution in [0.15, 0.2) is 42.7 Å². The largest absolute Gasteiger partial charge is 0.497 e. The van der Waals surface area contributed by atoms with Gasteiger partial charge in [0, 0.05) is 37.5 Å². The first-order valence-corrected chi connectivity index (χ1v) is 8.70. The van der Waals surface area contributed by atoms with Crippen molar-refractivity contribution in [3.05, 3.63) is 53.3 Å². The van der Waals surface area contributed by atoms with Crippen molar-refractivity contribution in [1.82, 2.24) is 9.88 Å². The third kappa shape index (κ3) is 4.63. The molecule has 0 radical (unpaired) electrons. The van der Waals surface area contributed by atoms with E-state index in [2.05, 4.69) is 4.98 Å². The molecule has 1 atom stereocenters. The fourth-order valence-electron chi connectivity index (χ4n) is 3.00. The zero-order valence-corrected chi connectivity index (χ0v) is 14.9. The highest BCUT2D eigenvalue weighted by atomic mass is 35.5. The van der Waals surface area contributed by atoms with E-state index in [9.17, 15) is 4.79 Å². The van der Waals surface area contributed by atoms with Crippen LogP contribution in [0.3, 0.4) is 0 Å². The Morgan fingerprint density at radius 1 is 1.32 bits per heavy atom. The molecule has 1 saturated heterocycles. The lowest BCUT2D eigenvalue weighted by molar-refractivity contribution is 0.0633. The third-order valence-electron chi connectivity index (χ3n) is 4.28. The lowest BCUT2D eigenvalue weighted by atomic mass is 9.98. The van der Waals surface area contributed by atoms with Crippen molar-refractivity contribution < 1.29 is 14.3 Å². The van der Waals surface area contributed by atoms with Crippen LogP contribution in [0.4, 0.5) is 0 Å². The van der Waals surface area contributed by atoms with Crippen LogP contribution >= 0.6 is 11.6 Å². The molecule has 0 bridgehead atoms. The normalized spacial score (nSPS) is 17.2. The molecule has 1 unspecified atom stereocenters. The Morgan fingerprint density at radius 3 is 2.96 bits per heavy atom. The monoisotopic (exact) mass is 360 g/mol. The van der Waals surface area contributed by atoms with Crippen LogP contribution in [-0.2, 0) is 0 Å². The quantitative estimate of drug-likeness (QED) is 0.816. The van der Waals surface area contributed by atoms with E-state index in [1.54, 1.807) is 19.4 Å². The Kier molecular flexibility index (Phi) is 5.76. The number of carbonyl (C=O) groups excluding carboxylic acids is 1. The van der Waals surface area contributed by atoms with Gasteiger partial charge in [0.05, 0.1) is 24.3 Å². The van der Waals surface area contributed by atoms with Crippen molar-refractivity contribution in [2.24, 2.45) is 5.92 Å². The molecule has 5 nitrogen and oxygen atoms in total. The second kappa shape index (κ2) is 8.21. The second-order valence-electron chi connectivity index (χ2n) is 6.14. The summed E-state index contributed by atoms with van der Waals surface area (Å²) in [6.45, 7) is 2.00. The van der Waals surface area contributed by atoms with Gasteiger partial charge < -0.3 is 14.4 Å². The smallest absolute Gasteiger partial charge is 0.255 e. The standard InChI is InChI=1S/C19H21ClN2O3/c1-24-17-5-2-6-18(9-17)25-13-14-4-3-7-22(12-14)19(23)15-8-16(20)11-21-10-15/h2,5-6,8-11,14H,3-4,7,12-13H2,1H3. The average molecular weight is 361 g/mol. The summed E-state index contributed by atoms with van der Waals surface area (Å²) in [7, 11) is 1.63. The average Bonchev–Trinajstić information content (AvgIpc) is 2.66. The van der Waals surface area contributed by atoms with Crippen LogP contribution in [0.5, 0.6) is 11.5 Å². The summed E-state index contributed by atoms with van der Waals surface area (Å²) in [5.74, 6) is 1.82. The van der Waals surface area contributed by atoms with Gasteiger partial charge in [-0.3, -0.25) is 9.78 Å². The summed E-state index contributed by atoms with van der Waals surface area (Å²) in [5.41, 5.74) is 0.530. The van der Waals surface area contributed by atoms with Crippen molar-refractivity contribution >= 4 is 17.5 Å². The Labute approximate surface area is 152 Å². The SMILES string of the molecule is COc1cccc(OCC2CCCN(C(=O)c3cncc(Cl)c3)C2)c1. The van der Waals surface area contributed by atoms with E-state index >= 15 is 0 Å². The highest BCUT2D eigenvalue weighted by Crippen LogP contribution is 2.23. The maximum Gasteiger partial charge on any atom is 0.255 e. The molecule has 3 rings (SSSR count). The van der Waals surface area contributed by atoms with E-state index in [4.69, 9.17) is 21.1 Å². The first kappa shape index (κ1) is 17.5. The van der Waals surface area contributed by atoms with Crippen molar-refractivity contribution in [2.45, 2.75) is 12.8 Å². The topological polar surface area (TPSA) is 51.7 Å². The number of nitrogens with zero attached hydrogens (tertiary/aromatic N) is 2. The molecule has 0 aliphatic carbocycles. The van der Waals surface area contributed by atoms with Gasteiger partial charge in [0.15, 0.2) is 0 Å². The molecule has 1 aliphatic heterocycles. The summed E-state index contributed by atoms with van der Waals surface area (Å²) >= 11 is 5.94. The summed E-state index contributed by atoms with van der Waals surface area (Å²) in [6.07, 6.45) is 5.09. The summed E-state index contributed by atoms with van der Waals surface area (Å²) in [6, 6.07) is 9.21. The molecule has 1 aliphatic rings. The number of amides is 1. The second-order valence-corrected chi connectivity index (χ2v) is 6.58. The fourth-order valence-corrected chi connectivity index (χ4v) is 3.18. The van der Waals surface area contributed by atoms with Crippen molar-refractivity contribution in [1.29, 1.82) is 0 Å². The van der Waals surface area contributed by atoms with Gasteiger partial charge in [-0.25, -0.2) is 0 Å². The van der Waals surface area contributed by atoms with E-state index in [0.717, 1.165) is 30.9 Å². The zero-order valence-electron chi connectivity index (χ0n) is 14.2. The lowest BCUT2D eigenvalue weighted by Crippen LogP contribution is -2.41. The molecule has 1 aromatic carbocycles. The highest BCUT2D eigenvalue weighted by molar-refractivity contribution is 6.30. The maximum absolute atomic E-state index is 12.6. The predicted molar refractivity (Wildman–Crippen MR) is 96.4 cm³/mol. The van der Waals surface area contributed by atoms with Crippen molar-refractivity contribution in [3.63, 3.8) is 0 Å². The molecule has 6 heteroatoms. The van der Waals surface area contributed by atoms with E-state index < -0.39 is 0 Å². The molecule has 25 heavy (non-hydrogen) atoms. The molecule has 132 valence electrons. The minimum Gasteiger partial charge on any atom is -0.497 e. The number of carbonyl (C=O) groups is 1. The Bertz CT molecular complexity index is 738. The summed E-state index contributed by atoms with van der Waals surface area (Å²) in [5, 5.41) is 0.473. The predicted octanol–water partition coefficient (Wildman–Crippen LogP) is 3.67. The van der Waals surface area contributed by atoms with E-state index in [0.29, 0.717) is 29.7 Å². The van der Waals surface area contributed by atoms with Gasteiger partial charge in [-0.2, -0.15) is 0 Å². The van der Waals surface area contributed by atoms with Gasteiger partial charge >= 0.3 is 0 Å². The first-order valence-electron chi connectivity index (χ1n) is 8.32. The minimum absolute atomic E-state index is 0.0268. The van der Waals surface area contributed by atoms with Crippen LogP contribution in [-0.4, -0.2) is 42.6 Å². The fraction of sp³-hybridized carbons (Fsp3) is 0.368. The first-order chi connectivity index (χ1) is 12.2. The van der Waals surface area contributed by atoms with Crippen LogP contribution in [0, 0.1) is 5.92 Å². The number of likely N-dealkylation sites (tertiary alicyclic amines) is 1. The number of pyridine rings is 1.